The molecule has 1 aliphatic rings. The van der Waals surface area contributed by atoms with Gasteiger partial charge in [0.05, 0.1) is 12.5 Å². The summed E-state index contributed by atoms with van der Waals surface area (Å²) in [6.07, 6.45) is -0.439. The summed E-state index contributed by atoms with van der Waals surface area (Å²) in [7, 11) is -4.31. The minimum atomic E-state index is -4.31. The molecule has 0 heterocycles. The van der Waals surface area contributed by atoms with Gasteiger partial charge in [-0.1, -0.05) is 0 Å². The van der Waals surface area contributed by atoms with Crippen LogP contribution in [0.25, 0.3) is 0 Å². The van der Waals surface area contributed by atoms with Gasteiger partial charge in [-0.05, 0) is 13.3 Å². The first-order valence-corrected chi connectivity index (χ1v) is 6.39. The smallest absolute Gasteiger partial charge is 0.332 e. The molecule has 0 amide bonds. The molecule has 1 saturated carbocycles. The van der Waals surface area contributed by atoms with Gasteiger partial charge in [-0.3, -0.25) is 14.2 Å². The zero-order valence-corrected chi connectivity index (χ0v) is 9.15. The van der Waals surface area contributed by atoms with E-state index in [1.165, 1.54) is 0 Å². The lowest BCUT2D eigenvalue weighted by Crippen LogP contribution is -2.14. The van der Waals surface area contributed by atoms with Crippen molar-refractivity contribution in [3.63, 3.8) is 0 Å². The molecule has 2 atom stereocenters. The van der Waals surface area contributed by atoms with E-state index in [0.29, 0.717) is 6.42 Å². The first-order chi connectivity index (χ1) is 6.85. The van der Waals surface area contributed by atoms with Crippen LogP contribution in [0.5, 0.6) is 0 Å². The van der Waals surface area contributed by atoms with Crippen LogP contribution in [-0.4, -0.2) is 34.3 Å². The zero-order valence-electron chi connectivity index (χ0n) is 8.25. The molecule has 0 aromatic heterocycles. The van der Waals surface area contributed by atoms with Crippen LogP contribution in [0.4, 0.5) is 0 Å². The van der Waals surface area contributed by atoms with E-state index in [-0.39, 0.29) is 6.61 Å². The number of ketones is 1. The van der Waals surface area contributed by atoms with E-state index in [9.17, 15) is 14.2 Å². The van der Waals surface area contributed by atoms with Crippen molar-refractivity contribution in [2.45, 2.75) is 13.3 Å². The molecule has 0 bridgehead atoms. The second kappa shape index (κ2) is 4.43. The summed E-state index contributed by atoms with van der Waals surface area (Å²) in [5.74, 6) is -2.07. The van der Waals surface area contributed by atoms with Crippen molar-refractivity contribution in [2.24, 2.45) is 11.8 Å². The van der Waals surface area contributed by atoms with Crippen molar-refractivity contribution in [1.82, 2.24) is 0 Å². The van der Waals surface area contributed by atoms with Gasteiger partial charge in [0.15, 0.2) is 0 Å². The quantitative estimate of drug-likeness (QED) is 0.512. The average molecular weight is 236 g/mol. The summed E-state index contributed by atoms with van der Waals surface area (Å²) in [5.41, 5.74) is 0. The van der Waals surface area contributed by atoms with Crippen LogP contribution in [-0.2, 0) is 18.9 Å². The van der Waals surface area contributed by atoms with Gasteiger partial charge in [0.1, 0.15) is 11.9 Å². The molecule has 1 rings (SSSR count). The summed E-state index contributed by atoms with van der Waals surface area (Å²) in [4.78, 5) is 39.5. The number of ether oxygens (including phenoxy) is 1. The van der Waals surface area contributed by atoms with E-state index < -0.39 is 37.3 Å². The molecule has 0 spiro atoms. The van der Waals surface area contributed by atoms with Crippen molar-refractivity contribution in [1.29, 1.82) is 0 Å². The topological polar surface area (TPSA) is 101 Å². The molecule has 0 radical (unpaired) electrons. The maximum atomic E-state index is 11.2. The second-order valence-corrected chi connectivity index (χ2v) is 5.14. The molecule has 0 aromatic rings. The SMILES string of the molecule is CCOC(=O)[C@@H]1C[C@@H]1C(=O)CP(=O)(O)O. The highest BCUT2D eigenvalue weighted by Crippen LogP contribution is 2.44. The number of Topliss-reactive ketones (excluding diaryl/α,β-unsaturated/α-hetero) is 1. The Bertz CT molecular complexity index is 319. The van der Waals surface area contributed by atoms with Crippen molar-refractivity contribution in [3.05, 3.63) is 0 Å². The van der Waals surface area contributed by atoms with Gasteiger partial charge >= 0.3 is 13.6 Å². The Morgan fingerprint density at radius 2 is 2.00 bits per heavy atom. The van der Waals surface area contributed by atoms with Gasteiger partial charge in [-0.2, -0.15) is 0 Å². The van der Waals surface area contributed by atoms with E-state index in [0.717, 1.165) is 0 Å². The Morgan fingerprint density at radius 1 is 1.40 bits per heavy atom. The molecular formula is C8H13O6P. The molecule has 7 heteroatoms. The van der Waals surface area contributed by atoms with Crippen LogP contribution in [0.1, 0.15) is 13.3 Å². The van der Waals surface area contributed by atoms with Crippen molar-refractivity contribution in [3.8, 4) is 0 Å². The fraction of sp³-hybridized carbons (Fsp3) is 0.750. The predicted molar refractivity (Wildman–Crippen MR) is 50.1 cm³/mol. The molecule has 86 valence electrons. The Hall–Kier alpha value is -0.710. The monoisotopic (exact) mass is 236 g/mol. The van der Waals surface area contributed by atoms with E-state index >= 15 is 0 Å². The van der Waals surface area contributed by atoms with Crippen LogP contribution in [0.3, 0.4) is 0 Å². The maximum absolute atomic E-state index is 11.2. The first-order valence-electron chi connectivity index (χ1n) is 4.59. The normalized spacial score (nSPS) is 24.7. The predicted octanol–water partition coefficient (Wildman–Crippen LogP) is -0.0676. The largest absolute Gasteiger partial charge is 0.466 e. The Morgan fingerprint density at radius 3 is 2.47 bits per heavy atom. The van der Waals surface area contributed by atoms with E-state index in [1.807, 2.05) is 0 Å². The van der Waals surface area contributed by atoms with E-state index in [2.05, 4.69) is 0 Å². The summed E-state index contributed by atoms with van der Waals surface area (Å²) >= 11 is 0. The van der Waals surface area contributed by atoms with Gasteiger partial charge in [0.25, 0.3) is 0 Å². The third-order valence-electron chi connectivity index (χ3n) is 2.16. The first kappa shape index (κ1) is 12.4. The average Bonchev–Trinajstić information content (AvgIpc) is 2.79. The number of esters is 1. The van der Waals surface area contributed by atoms with E-state index in [1.54, 1.807) is 6.92 Å². The van der Waals surface area contributed by atoms with Crippen molar-refractivity contribution < 1.29 is 28.7 Å². The third kappa shape index (κ3) is 3.74. The number of rotatable bonds is 5. The van der Waals surface area contributed by atoms with E-state index in [4.69, 9.17) is 14.5 Å². The fourth-order valence-electron chi connectivity index (χ4n) is 1.38. The van der Waals surface area contributed by atoms with Gasteiger partial charge in [-0.15, -0.1) is 0 Å². The molecule has 2 N–H and O–H groups in total. The number of carbonyl (C=O) groups excluding carboxylic acids is 2. The molecule has 15 heavy (non-hydrogen) atoms. The maximum Gasteiger partial charge on any atom is 0.332 e. The minimum absolute atomic E-state index is 0.245. The Balaban J connectivity index is 2.41. The summed E-state index contributed by atoms with van der Waals surface area (Å²) in [6, 6.07) is 0. The van der Waals surface area contributed by atoms with Gasteiger partial charge < -0.3 is 14.5 Å². The fourth-order valence-corrected chi connectivity index (χ4v) is 2.02. The van der Waals surface area contributed by atoms with Crippen LogP contribution in [0, 0.1) is 11.8 Å². The number of carbonyl (C=O) groups is 2. The molecule has 0 aromatic carbocycles. The number of hydrogen-bond donors (Lipinski definition) is 2. The lowest BCUT2D eigenvalue weighted by Gasteiger charge is -2.02. The molecular weight excluding hydrogens is 223 g/mol. The van der Waals surface area contributed by atoms with Gasteiger partial charge in [0, 0.05) is 5.92 Å². The van der Waals surface area contributed by atoms with Crippen LogP contribution in [0.15, 0.2) is 0 Å². The van der Waals surface area contributed by atoms with Crippen molar-refractivity contribution in [2.75, 3.05) is 12.8 Å². The summed E-state index contributed by atoms with van der Waals surface area (Å²) in [6.45, 7) is 1.90. The third-order valence-corrected chi connectivity index (χ3v) is 2.88. The summed E-state index contributed by atoms with van der Waals surface area (Å²) in [5, 5.41) is 0. The highest BCUT2D eigenvalue weighted by atomic mass is 31.2. The lowest BCUT2D eigenvalue weighted by molar-refractivity contribution is -0.145. The molecule has 0 saturated heterocycles. The van der Waals surface area contributed by atoms with Crippen molar-refractivity contribution >= 4 is 19.3 Å². The van der Waals surface area contributed by atoms with Crippen LogP contribution < -0.4 is 0 Å². The molecule has 6 nitrogen and oxygen atoms in total. The molecule has 0 unspecified atom stereocenters. The number of hydrogen-bond acceptors (Lipinski definition) is 4. The molecule has 0 aliphatic heterocycles. The van der Waals surface area contributed by atoms with Gasteiger partial charge in [0.2, 0.25) is 0 Å². The molecule has 1 fully saturated rings. The highest BCUT2D eigenvalue weighted by molar-refractivity contribution is 7.52. The van der Waals surface area contributed by atoms with Crippen LogP contribution in [0.2, 0.25) is 0 Å². The van der Waals surface area contributed by atoms with Crippen LogP contribution >= 0.6 is 7.60 Å². The molecule has 1 aliphatic carbocycles. The Labute approximate surface area is 86.8 Å². The highest BCUT2D eigenvalue weighted by Gasteiger charge is 2.49. The Kier molecular flexibility index (Phi) is 3.65. The lowest BCUT2D eigenvalue weighted by atomic mass is 10.2. The minimum Gasteiger partial charge on any atom is -0.466 e. The van der Waals surface area contributed by atoms with Gasteiger partial charge in [-0.25, -0.2) is 0 Å². The standard InChI is InChI=1S/C8H13O6P/c1-2-14-8(10)6-3-5(6)7(9)4-15(11,12)13/h5-6H,2-4H2,1H3,(H2,11,12,13)/t5-,6+/m0/s1. The zero-order chi connectivity index (χ0) is 11.6. The second-order valence-electron chi connectivity index (χ2n) is 3.49. The summed E-state index contributed by atoms with van der Waals surface area (Å²) < 4.78 is 15.2.